The van der Waals surface area contributed by atoms with Crippen LogP contribution in [0, 0.1) is 6.92 Å². The fourth-order valence-electron chi connectivity index (χ4n) is 3.38. The maximum Gasteiger partial charge on any atom is 0.231 e. The van der Waals surface area contributed by atoms with Crippen molar-refractivity contribution >= 4 is 11.6 Å². The summed E-state index contributed by atoms with van der Waals surface area (Å²) in [6.45, 7) is 2.79. The van der Waals surface area contributed by atoms with Crippen LogP contribution in [-0.2, 0) is 16.6 Å². The maximum atomic E-state index is 11.9. The number of nitrogens with zero attached hydrogens (tertiary/aromatic N) is 1. The van der Waals surface area contributed by atoms with E-state index in [2.05, 4.69) is 19.1 Å². The van der Waals surface area contributed by atoms with E-state index >= 15 is 0 Å². The Hall–Kier alpha value is -1.35. The van der Waals surface area contributed by atoms with E-state index in [1.807, 2.05) is 11.9 Å². The summed E-state index contributed by atoms with van der Waals surface area (Å²) in [6.07, 6.45) is 4.10. The van der Waals surface area contributed by atoms with Gasteiger partial charge in [-0.25, -0.2) is 0 Å². The van der Waals surface area contributed by atoms with E-state index in [1.165, 1.54) is 23.1 Å². The number of likely N-dealkylation sites (N-methyl/N-ethyl adjacent to an activating group) is 1. The summed E-state index contributed by atoms with van der Waals surface area (Å²) in [5, 5.41) is 0. The number of carbonyl (C=O) groups is 1. The molecule has 1 aliphatic heterocycles. The van der Waals surface area contributed by atoms with Gasteiger partial charge >= 0.3 is 0 Å². The molecule has 96 valence electrons. The molecule has 0 unspecified atom stereocenters. The van der Waals surface area contributed by atoms with E-state index in [1.54, 1.807) is 0 Å². The van der Waals surface area contributed by atoms with Gasteiger partial charge in [-0.05, 0) is 30.9 Å². The molecule has 1 aliphatic carbocycles. The molecule has 0 aromatic heterocycles. The predicted octanol–water partition coefficient (Wildman–Crippen LogP) is 1.89. The molecule has 3 nitrogen and oxygen atoms in total. The summed E-state index contributed by atoms with van der Waals surface area (Å²) in [5.74, 6) is 0.198. The van der Waals surface area contributed by atoms with Crippen LogP contribution in [0.15, 0.2) is 12.1 Å². The van der Waals surface area contributed by atoms with Gasteiger partial charge in [0.1, 0.15) is 0 Å². The molecule has 3 heteroatoms. The highest BCUT2D eigenvalue weighted by atomic mass is 16.2. The molecule has 2 N–H and O–H groups in total. The van der Waals surface area contributed by atoms with Crippen LogP contribution < -0.4 is 10.6 Å². The van der Waals surface area contributed by atoms with Crippen LogP contribution in [0.1, 0.15) is 36.0 Å². The van der Waals surface area contributed by atoms with Gasteiger partial charge in [0.25, 0.3) is 0 Å². The molecular formula is C15H20N2O. The highest BCUT2D eigenvalue weighted by Crippen LogP contribution is 2.49. The second-order valence-corrected chi connectivity index (χ2v) is 5.79. The molecular weight excluding hydrogens is 224 g/mol. The predicted molar refractivity (Wildman–Crippen MR) is 72.9 cm³/mol. The number of nitrogens with two attached hydrogens (primary N) is 1. The van der Waals surface area contributed by atoms with Crippen molar-refractivity contribution in [2.24, 2.45) is 5.73 Å². The zero-order chi connectivity index (χ0) is 12.9. The molecule has 1 fully saturated rings. The summed E-state index contributed by atoms with van der Waals surface area (Å²) in [6, 6.07) is 4.38. The van der Waals surface area contributed by atoms with Gasteiger partial charge in [-0.3, -0.25) is 4.79 Å². The number of fused-ring (bicyclic) bond motifs is 1. The first kappa shape index (κ1) is 11.7. The third kappa shape index (κ3) is 1.43. The van der Waals surface area contributed by atoms with Gasteiger partial charge in [0, 0.05) is 19.0 Å². The van der Waals surface area contributed by atoms with Crippen molar-refractivity contribution < 1.29 is 4.79 Å². The van der Waals surface area contributed by atoms with Gasteiger partial charge in [-0.1, -0.05) is 24.1 Å². The molecule has 18 heavy (non-hydrogen) atoms. The Kier molecular flexibility index (Phi) is 2.49. The first-order valence-electron chi connectivity index (χ1n) is 6.68. The lowest BCUT2D eigenvalue weighted by Gasteiger charge is -2.43. The minimum atomic E-state index is 0.120. The number of anilines is 1. The number of rotatable bonds is 2. The minimum absolute atomic E-state index is 0.120. The Morgan fingerprint density at radius 1 is 1.39 bits per heavy atom. The first-order valence-corrected chi connectivity index (χ1v) is 6.68. The van der Waals surface area contributed by atoms with Gasteiger partial charge in [0.15, 0.2) is 0 Å². The number of carbonyl (C=O) groups excluding carboxylic acids is 1. The minimum Gasteiger partial charge on any atom is -0.330 e. The lowest BCUT2D eigenvalue weighted by Crippen LogP contribution is -2.42. The van der Waals surface area contributed by atoms with Gasteiger partial charge < -0.3 is 10.6 Å². The number of hydrogen-bond donors (Lipinski definition) is 1. The topological polar surface area (TPSA) is 46.3 Å². The fourth-order valence-corrected chi connectivity index (χ4v) is 3.38. The summed E-state index contributed by atoms with van der Waals surface area (Å²) < 4.78 is 0. The number of benzene rings is 1. The van der Waals surface area contributed by atoms with Gasteiger partial charge in [0.05, 0.1) is 12.1 Å². The highest BCUT2D eigenvalue weighted by Gasteiger charge is 2.42. The van der Waals surface area contributed by atoms with E-state index in [0.717, 1.165) is 18.5 Å². The van der Waals surface area contributed by atoms with Gasteiger partial charge in [-0.15, -0.1) is 0 Å². The highest BCUT2D eigenvalue weighted by molar-refractivity contribution is 6.02. The number of hydrogen-bond acceptors (Lipinski definition) is 2. The number of aryl methyl sites for hydroxylation is 1. The normalized spacial score (nSPS) is 20.8. The van der Waals surface area contributed by atoms with Crippen LogP contribution in [0.3, 0.4) is 0 Å². The Morgan fingerprint density at radius 3 is 2.67 bits per heavy atom. The van der Waals surface area contributed by atoms with Crippen LogP contribution >= 0.6 is 0 Å². The zero-order valence-electron chi connectivity index (χ0n) is 11.1. The molecule has 1 heterocycles. The van der Waals surface area contributed by atoms with Crippen molar-refractivity contribution in [2.45, 2.75) is 38.0 Å². The average Bonchev–Trinajstić information content (AvgIpc) is 2.53. The second kappa shape index (κ2) is 3.82. The van der Waals surface area contributed by atoms with Crippen molar-refractivity contribution in [3.8, 4) is 0 Å². The third-order valence-corrected chi connectivity index (χ3v) is 4.66. The molecule has 1 amide bonds. The molecule has 1 saturated carbocycles. The lowest BCUT2D eigenvalue weighted by molar-refractivity contribution is -0.117. The van der Waals surface area contributed by atoms with E-state index in [-0.39, 0.29) is 11.3 Å². The van der Waals surface area contributed by atoms with Gasteiger partial charge in [0.2, 0.25) is 5.91 Å². The van der Waals surface area contributed by atoms with Crippen LogP contribution in [0.2, 0.25) is 0 Å². The summed E-state index contributed by atoms with van der Waals surface area (Å²) >= 11 is 0. The molecule has 0 radical (unpaired) electrons. The van der Waals surface area contributed by atoms with Crippen molar-refractivity contribution in [1.29, 1.82) is 0 Å². The molecule has 1 aromatic carbocycles. The van der Waals surface area contributed by atoms with Crippen LogP contribution in [0.5, 0.6) is 0 Å². The number of amides is 1. The summed E-state index contributed by atoms with van der Waals surface area (Å²) in [4.78, 5) is 13.7. The first-order chi connectivity index (χ1) is 8.57. The standard InChI is InChI=1S/C15H20N2O/c1-10-6-11-8-13(18)17(2)14(11)12(7-10)15(9-16)4-3-5-15/h6-7H,3-5,8-9,16H2,1-2H3. The smallest absolute Gasteiger partial charge is 0.231 e. The van der Waals surface area contributed by atoms with Crippen molar-refractivity contribution in [1.82, 2.24) is 0 Å². The SMILES string of the molecule is Cc1cc2c(c(C3(CN)CCC3)c1)N(C)C(=O)C2. The Morgan fingerprint density at radius 2 is 2.11 bits per heavy atom. The van der Waals surface area contributed by atoms with Crippen LogP contribution in [0.4, 0.5) is 5.69 Å². The third-order valence-electron chi connectivity index (χ3n) is 4.66. The maximum absolute atomic E-state index is 11.9. The zero-order valence-corrected chi connectivity index (χ0v) is 11.1. The average molecular weight is 244 g/mol. The molecule has 1 aromatic rings. The van der Waals surface area contributed by atoms with Crippen molar-refractivity contribution in [2.75, 3.05) is 18.5 Å². The summed E-state index contributed by atoms with van der Waals surface area (Å²) in [5.41, 5.74) is 11.0. The molecule has 3 rings (SSSR count). The Balaban J connectivity index is 2.19. The van der Waals surface area contributed by atoms with Crippen LogP contribution in [0.25, 0.3) is 0 Å². The molecule has 2 aliphatic rings. The van der Waals surface area contributed by atoms with Crippen molar-refractivity contribution in [3.63, 3.8) is 0 Å². The van der Waals surface area contributed by atoms with E-state index in [9.17, 15) is 4.79 Å². The Bertz CT molecular complexity index is 512. The fraction of sp³-hybridized carbons (Fsp3) is 0.533. The monoisotopic (exact) mass is 244 g/mol. The van der Waals surface area contributed by atoms with E-state index < -0.39 is 0 Å². The second-order valence-electron chi connectivity index (χ2n) is 5.79. The quantitative estimate of drug-likeness (QED) is 0.863. The van der Waals surface area contributed by atoms with Gasteiger partial charge in [-0.2, -0.15) is 0 Å². The largest absolute Gasteiger partial charge is 0.330 e. The van der Waals surface area contributed by atoms with Crippen molar-refractivity contribution in [3.05, 3.63) is 28.8 Å². The summed E-state index contributed by atoms with van der Waals surface area (Å²) in [7, 11) is 1.88. The Labute approximate surface area is 108 Å². The lowest BCUT2D eigenvalue weighted by atomic mass is 9.63. The molecule has 0 bridgehead atoms. The van der Waals surface area contributed by atoms with Crippen LogP contribution in [-0.4, -0.2) is 19.5 Å². The molecule has 0 saturated heterocycles. The van der Waals surface area contributed by atoms with E-state index in [4.69, 9.17) is 5.73 Å². The molecule has 0 atom stereocenters. The van der Waals surface area contributed by atoms with E-state index in [0.29, 0.717) is 13.0 Å². The molecule has 0 spiro atoms.